The van der Waals surface area contributed by atoms with Gasteiger partial charge in [0.25, 0.3) is 0 Å². The predicted octanol–water partition coefficient (Wildman–Crippen LogP) is 1.30. The van der Waals surface area contributed by atoms with Gasteiger partial charge in [0.15, 0.2) is 11.5 Å². The zero-order valence-corrected chi connectivity index (χ0v) is 13.6. The highest BCUT2D eigenvalue weighted by atomic mass is 16.5. The van der Waals surface area contributed by atoms with E-state index in [1.807, 2.05) is 17.0 Å². The average Bonchev–Trinajstić information content (AvgIpc) is 2.61. The lowest BCUT2D eigenvalue weighted by Gasteiger charge is -2.28. The van der Waals surface area contributed by atoms with E-state index in [0.717, 1.165) is 23.3 Å². The summed E-state index contributed by atoms with van der Waals surface area (Å²) in [5.41, 5.74) is 2.99. The summed E-state index contributed by atoms with van der Waals surface area (Å²) >= 11 is 0. The minimum Gasteiger partial charge on any atom is -0.493 e. The molecule has 0 aliphatic carbocycles. The number of aliphatic imine (C=N–C) groups is 1. The van der Waals surface area contributed by atoms with Crippen LogP contribution in [0.25, 0.3) is 0 Å². The van der Waals surface area contributed by atoms with Crippen molar-refractivity contribution in [1.82, 2.24) is 4.90 Å². The molecular weight excluding hydrogens is 296 g/mol. The van der Waals surface area contributed by atoms with Crippen molar-refractivity contribution in [2.75, 3.05) is 47.1 Å². The largest absolute Gasteiger partial charge is 0.493 e. The van der Waals surface area contributed by atoms with Crippen LogP contribution in [0.1, 0.15) is 17.5 Å². The SMILES string of the molecule is COc1cc2c(cc1OC)C(CC(=O)N1CCOCC1)=NCC2. The Hall–Kier alpha value is -2.08. The third-order valence-electron chi connectivity index (χ3n) is 4.29. The first-order chi connectivity index (χ1) is 11.2. The number of hydrogen-bond donors (Lipinski definition) is 0. The number of methoxy groups -OCH3 is 2. The Morgan fingerprint density at radius 3 is 2.61 bits per heavy atom. The second-order valence-corrected chi connectivity index (χ2v) is 5.61. The van der Waals surface area contributed by atoms with Crippen molar-refractivity contribution >= 4 is 11.6 Å². The van der Waals surface area contributed by atoms with Gasteiger partial charge in [-0.2, -0.15) is 0 Å². The molecule has 23 heavy (non-hydrogen) atoms. The summed E-state index contributed by atoms with van der Waals surface area (Å²) in [6.45, 7) is 3.24. The van der Waals surface area contributed by atoms with Crippen LogP contribution in [0.2, 0.25) is 0 Å². The fraction of sp³-hybridized carbons (Fsp3) is 0.529. The molecule has 0 N–H and O–H groups in total. The van der Waals surface area contributed by atoms with Crippen molar-refractivity contribution in [3.8, 4) is 11.5 Å². The number of fused-ring (bicyclic) bond motifs is 1. The molecular formula is C17H22N2O4. The maximum absolute atomic E-state index is 12.5. The van der Waals surface area contributed by atoms with Crippen LogP contribution in [0, 0.1) is 0 Å². The van der Waals surface area contributed by atoms with Crippen LogP contribution < -0.4 is 9.47 Å². The maximum Gasteiger partial charge on any atom is 0.228 e. The topological polar surface area (TPSA) is 60.4 Å². The number of amides is 1. The molecule has 0 atom stereocenters. The van der Waals surface area contributed by atoms with Gasteiger partial charge in [0.05, 0.1) is 39.6 Å². The summed E-state index contributed by atoms with van der Waals surface area (Å²) in [4.78, 5) is 18.9. The zero-order valence-electron chi connectivity index (χ0n) is 13.6. The lowest BCUT2D eigenvalue weighted by molar-refractivity contribution is -0.133. The molecule has 0 bridgehead atoms. The third kappa shape index (κ3) is 3.32. The quantitative estimate of drug-likeness (QED) is 0.839. The van der Waals surface area contributed by atoms with Gasteiger partial charge < -0.3 is 19.1 Å². The number of hydrogen-bond acceptors (Lipinski definition) is 5. The van der Waals surface area contributed by atoms with Crippen molar-refractivity contribution in [3.63, 3.8) is 0 Å². The summed E-state index contributed by atoms with van der Waals surface area (Å²) in [6, 6.07) is 3.92. The molecule has 0 unspecified atom stereocenters. The monoisotopic (exact) mass is 318 g/mol. The highest BCUT2D eigenvalue weighted by Crippen LogP contribution is 2.33. The van der Waals surface area contributed by atoms with Gasteiger partial charge >= 0.3 is 0 Å². The Morgan fingerprint density at radius 1 is 1.22 bits per heavy atom. The van der Waals surface area contributed by atoms with E-state index in [-0.39, 0.29) is 5.91 Å². The van der Waals surface area contributed by atoms with Gasteiger partial charge in [-0.15, -0.1) is 0 Å². The molecule has 3 rings (SSSR count). The lowest BCUT2D eigenvalue weighted by Crippen LogP contribution is -2.41. The summed E-state index contributed by atoms with van der Waals surface area (Å²) < 4.78 is 16.0. The second kappa shape index (κ2) is 7.00. The van der Waals surface area contributed by atoms with Crippen LogP contribution >= 0.6 is 0 Å². The van der Waals surface area contributed by atoms with E-state index in [1.165, 1.54) is 0 Å². The number of rotatable bonds is 4. The van der Waals surface area contributed by atoms with Gasteiger partial charge in [0, 0.05) is 25.2 Å². The fourth-order valence-electron chi connectivity index (χ4n) is 3.01. The van der Waals surface area contributed by atoms with Gasteiger partial charge in [-0.1, -0.05) is 0 Å². The molecule has 0 spiro atoms. The molecule has 1 saturated heterocycles. The molecule has 1 aromatic carbocycles. The minimum absolute atomic E-state index is 0.106. The number of nitrogens with zero attached hydrogens (tertiary/aromatic N) is 2. The van der Waals surface area contributed by atoms with Crippen molar-refractivity contribution in [2.24, 2.45) is 4.99 Å². The number of carbonyl (C=O) groups excluding carboxylic acids is 1. The number of ether oxygens (including phenoxy) is 3. The van der Waals surface area contributed by atoms with E-state index < -0.39 is 0 Å². The zero-order chi connectivity index (χ0) is 16.2. The van der Waals surface area contributed by atoms with Crippen molar-refractivity contribution < 1.29 is 19.0 Å². The van der Waals surface area contributed by atoms with E-state index in [0.29, 0.717) is 50.8 Å². The third-order valence-corrected chi connectivity index (χ3v) is 4.29. The molecule has 0 radical (unpaired) electrons. The number of benzene rings is 1. The van der Waals surface area contributed by atoms with Crippen LogP contribution in [-0.2, 0) is 16.0 Å². The summed E-state index contributed by atoms with van der Waals surface area (Å²) in [5.74, 6) is 1.49. The molecule has 1 aromatic rings. The predicted molar refractivity (Wildman–Crippen MR) is 86.7 cm³/mol. The molecule has 124 valence electrons. The molecule has 1 amide bonds. The molecule has 2 aliphatic rings. The van der Waals surface area contributed by atoms with E-state index in [4.69, 9.17) is 14.2 Å². The average molecular weight is 318 g/mol. The van der Waals surface area contributed by atoms with Crippen molar-refractivity contribution in [2.45, 2.75) is 12.8 Å². The molecule has 6 heteroatoms. The van der Waals surface area contributed by atoms with Crippen molar-refractivity contribution in [3.05, 3.63) is 23.3 Å². The van der Waals surface area contributed by atoms with E-state index in [1.54, 1.807) is 14.2 Å². The smallest absolute Gasteiger partial charge is 0.228 e. The minimum atomic E-state index is 0.106. The second-order valence-electron chi connectivity index (χ2n) is 5.61. The Morgan fingerprint density at radius 2 is 1.91 bits per heavy atom. The Bertz CT molecular complexity index is 621. The Kier molecular flexibility index (Phi) is 4.81. The summed E-state index contributed by atoms with van der Waals surface area (Å²) in [5, 5.41) is 0. The van der Waals surface area contributed by atoms with Gasteiger partial charge in [-0.3, -0.25) is 9.79 Å². The van der Waals surface area contributed by atoms with E-state index in [9.17, 15) is 4.79 Å². The summed E-state index contributed by atoms with van der Waals surface area (Å²) in [7, 11) is 3.24. The fourth-order valence-corrected chi connectivity index (χ4v) is 3.01. The van der Waals surface area contributed by atoms with Crippen LogP contribution in [0.15, 0.2) is 17.1 Å². The number of carbonyl (C=O) groups is 1. The molecule has 6 nitrogen and oxygen atoms in total. The molecule has 0 saturated carbocycles. The van der Waals surface area contributed by atoms with Gasteiger partial charge in [-0.25, -0.2) is 0 Å². The van der Waals surface area contributed by atoms with Crippen LogP contribution in [0.3, 0.4) is 0 Å². The van der Waals surface area contributed by atoms with Crippen LogP contribution in [-0.4, -0.2) is 63.6 Å². The highest BCUT2D eigenvalue weighted by Gasteiger charge is 2.23. The maximum atomic E-state index is 12.5. The number of morpholine rings is 1. The first kappa shape index (κ1) is 15.8. The van der Waals surface area contributed by atoms with E-state index in [2.05, 4.69) is 4.99 Å². The highest BCUT2D eigenvalue weighted by molar-refractivity contribution is 6.12. The lowest BCUT2D eigenvalue weighted by atomic mass is 9.94. The first-order valence-electron chi connectivity index (χ1n) is 7.87. The Labute approximate surface area is 136 Å². The van der Waals surface area contributed by atoms with Crippen molar-refractivity contribution in [1.29, 1.82) is 0 Å². The first-order valence-corrected chi connectivity index (χ1v) is 7.87. The molecule has 2 heterocycles. The molecule has 0 aromatic heterocycles. The molecule has 2 aliphatic heterocycles. The van der Waals surface area contributed by atoms with E-state index >= 15 is 0 Å². The van der Waals surface area contributed by atoms with Gasteiger partial charge in [-0.05, 0) is 24.1 Å². The normalized spacial score (nSPS) is 17.3. The summed E-state index contributed by atoms with van der Waals surface area (Å²) in [6.07, 6.45) is 1.17. The van der Waals surface area contributed by atoms with Gasteiger partial charge in [0.1, 0.15) is 0 Å². The Balaban J connectivity index is 1.82. The standard InChI is InChI=1S/C17H22N2O4/c1-21-15-9-12-3-4-18-14(13(12)10-16(15)22-2)11-17(20)19-5-7-23-8-6-19/h9-10H,3-8,11H2,1-2H3. The van der Waals surface area contributed by atoms with Crippen LogP contribution in [0.5, 0.6) is 11.5 Å². The van der Waals surface area contributed by atoms with Gasteiger partial charge in [0.2, 0.25) is 5.91 Å². The molecule has 1 fully saturated rings. The van der Waals surface area contributed by atoms with Crippen LogP contribution in [0.4, 0.5) is 0 Å².